The molecule has 182 valence electrons. The summed E-state index contributed by atoms with van der Waals surface area (Å²) in [6.45, 7) is 3.52. The molecule has 8 heteroatoms. The van der Waals surface area contributed by atoms with Gasteiger partial charge in [-0.1, -0.05) is 48.5 Å². The van der Waals surface area contributed by atoms with Crippen LogP contribution in [0.5, 0.6) is 0 Å². The van der Waals surface area contributed by atoms with Crippen molar-refractivity contribution in [1.29, 1.82) is 0 Å². The third-order valence-corrected chi connectivity index (χ3v) is 6.46. The lowest BCUT2D eigenvalue weighted by molar-refractivity contribution is -0.139. The summed E-state index contributed by atoms with van der Waals surface area (Å²) in [5.74, 6) is 4.45. The maximum absolute atomic E-state index is 13.1. The van der Waals surface area contributed by atoms with Crippen LogP contribution in [0.1, 0.15) is 30.4 Å². The number of benzene rings is 2. The van der Waals surface area contributed by atoms with E-state index in [-0.39, 0.29) is 31.4 Å². The monoisotopic (exact) mass is 475 g/mol. The highest BCUT2D eigenvalue weighted by molar-refractivity contribution is 5.86. The highest BCUT2D eigenvalue weighted by atomic mass is 16.5. The lowest BCUT2D eigenvalue weighted by atomic mass is 9.98. The van der Waals surface area contributed by atoms with Crippen LogP contribution in [0.25, 0.3) is 11.1 Å². The number of piperazine rings is 1. The van der Waals surface area contributed by atoms with Gasteiger partial charge in [0.1, 0.15) is 12.6 Å². The van der Waals surface area contributed by atoms with E-state index >= 15 is 0 Å². The Labute approximate surface area is 204 Å². The smallest absolute Gasteiger partial charge is 0.407 e. The normalized spacial score (nSPS) is 15.9. The Morgan fingerprint density at radius 3 is 2.20 bits per heavy atom. The Balaban J connectivity index is 1.37. The van der Waals surface area contributed by atoms with Crippen LogP contribution in [0.3, 0.4) is 0 Å². The van der Waals surface area contributed by atoms with Gasteiger partial charge in [0, 0.05) is 38.5 Å². The van der Waals surface area contributed by atoms with E-state index in [9.17, 15) is 14.4 Å². The zero-order valence-electron chi connectivity index (χ0n) is 19.7. The number of carbonyl (C=O) groups excluding carboxylic acids is 2. The van der Waals surface area contributed by atoms with Crippen LogP contribution < -0.4 is 5.32 Å². The van der Waals surface area contributed by atoms with Crippen molar-refractivity contribution >= 4 is 18.0 Å². The van der Waals surface area contributed by atoms with Gasteiger partial charge in [0.2, 0.25) is 5.91 Å². The van der Waals surface area contributed by atoms with Crippen LogP contribution in [0.2, 0.25) is 0 Å². The molecule has 2 N–H and O–H groups in total. The van der Waals surface area contributed by atoms with Crippen LogP contribution in [0, 0.1) is 11.8 Å². The van der Waals surface area contributed by atoms with Crippen LogP contribution in [0.4, 0.5) is 4.79 Å². The lowest BCUT2D eigenvalue weighted by Crippen LogP contribution is -2.55. The predicted molar refractivity (Wildman–Crippen MR) is 131 cm³/mol. The van der Waals surface area contributed by atoms with E-state index in [1.165, 1.54) is 0 Å². The summed E-state index contributed by atoms with van der Waals surface area (Å²) in [5.41, 5.74) is 4.52. The molecule has 1 aliphatic carbocycles. The molecule has 0 aromatic heterocycles. The van der Waals surface area contributed by atoms with Gasteiger partial charge in [0.05, 0.1) is 6.54 Å². The van der Waals surface area contributed by atoms with E-state index in [0.29, 0.717) is 26.2 Å². The number of carboxylic acids is 1. The summed E-state index contributed by atoms with van der Waals surface area (Å²) in [5, 5.41) is 11.7. The summed E-state index contributed by atoms with van der Waals surface area (Å²) in [6, 6.07) is 15.4. The minimum absolute atomic E-state index is 0.0508. The van der Waals surface area contributed by atoms with Gasteiger partial charge in [-0.3, -0.25) is 14.5 Å². The second kappa shape index (κ2) is 11.1. The molecule has 2 aliphatic rings. The molecule has 0 bridgehead atoms. The Kier molecular flexibility index (Phi) is 7.68. The highest BCUT2D eigenvalue weighted by Gasteiger charge is 2.31. The predicted octanol–water partition coefficient (Wildman–Crippen LogP) is 2.54. The van der Waals surface area contributed by atoms with Crippen molar-refractivity contribution in [3.05, 3.63) is 59.7 Å². The molecule has 1 fully saturated rings. The first-order valence-corrected chi connectivity index (χ1v) is 11.7. The van der Waals surface area contributed by atoms with E-state index in [0.717, 1.165) is 22.3 Å². The number of hydrogen-bond donors (Lipinski definition) is 2. The van der Waals surface area contributed by atoms with E-state index in [1.54, 1.807) is 16.7 Å². The van der Waals surface area contributed by atoms with Gasteiger partial charge in [0.25, 0.3) is 0 Å². The molecule has 1 heterocycles. The second-order valence-electron chi connectivity index (χ2n) is 8.65. The molecule has 1 atom stereocenters. The molecule has 0 saturated carbocycles. The molecule has 1 unspecified atom stereocenters. The number of aliphatic carboxylic acids is 1. The molecule has 4 rings (SSSR count). The minimum atomic E-state index is -0.891. The van der Waals surface area contributed by atoms with Crippen molar-refractivity contribution in [2.24, 2.45) is 0 Å². The molecule has 0 spiro atoms. The molecule has 2 amide bonds. The number of alkyl carbamates (subject to hydrolysis) is 1. The number of carboxylic acid groups (broad SMARTS) is 1. The standard InChI is InChI=1S/C27H29N3O5/c1-2-3-12-24(26(33)30-15-13-29(14-16-30)17-25(31)32)28-27(34)35-18-23-21-10-6-4-8-19(21)20-9-5-7-11-22(20)23/h4-11,23-24H,12-18H2,1H3,(H,28,34)(H,31,32). The number of fused-ring (bicyclic) bond motifs is 3. The SMILES string of the molecule is CC#CCC(NC(=O)OCC1c2ccccc2-c2ccccc21)C(=O)N1CCN(CC(=O)O)CC1. The fourth-order valence-electron chi connectivity index (χ4n) is 4.72. The summed E-state index contributed by atoms with van der Waals surface area (Å²) < 4.78 is 5.61. The van der Waals surface area contributed by atoms with Crippen LogP contribution in [-0.4, -0.2) is 78.2 Å². The highest BCUT2D eigenvalue weighted by Crippen LogP contribution is 2.44. The van der Waals surface area contributed by atoms with Gasteiger partial charge in [-0.15, -0.1) is 11.8 Å². The number of amides is 2. The van der Waals surface area contributed by atoms with E-state index in [1.807, 2.05) is 24.3 Å². The topological polar surface area (TPSA) is 99.2 Å². The van der Waals surface area contributed by atoms with E-state index in [2.05, 4.69) is 41.4 Å². The fourth-order valence-corrected chi connectivity index (χ4v) is 4.72. The molecule has 35 heavy (non-hydrogen) atoms. The fraction of sp³-hybridized carbons (Fsp3) is 0.370. The van der Waals surface area contributed by atoms with Crippen LogP contribution in [-0.2, 0) is 14.3 Å². The average Bonchev–Trinajstić information content (AvgIpc) is 3.18. The van der Waals surface area contributed by atoms with Crippen LogP contribution >= 0.6 is 0 Å². The Hall–Kier alpha value is -3.83. The maximum atomic E-state index is 13.1. The number of nitrogens with zero attached hydrogens (tertiary/aromatic N) is 2. The number of hydrogen-bond acceptors (Lipinski definition) is 5. The second-order valence-corrected chi connectivity index (χ2v) is 8.65. The van der Waals surface area contributed by atoms with Gasteiger partial charge in [-0.05, 0) is 29.2 Å². The third kappa shape index (κ3) is 5.64. The van der Waals surface area contributed by atoms with Crippen molar-refractivity contribution in [3.63, 3.8) is 0 Å². The largest absolute Gasteiger partial charge is 0.480 e. The molecule has 8 nitrogen and oxygen atoms in total. The quantitative estimate of drug-likeness (QED) is 0.597. The van der Waals surface area contributed by atoms with Gasteiger partial charge < -0.3 is 20.1 Å². The first-order chi connectivity index (χ1) is 17.0. The van der Waals surface area contributed by atoms with Crippen molar-refractivity contribution < 1.29 is 24.2 Å². The Morgan fingerprint density at radius 1 is 1.03 bits per heavy atom. The van der Waals surface area contributed by atoms with Gasteiger partial charge >= 0.3 is 12.1 Å². The third-order valence-electron chi connectivity index (χ3n) is 6.46. The van der Waals surface area contributed by atoms with Crippen molar-refractivity contribution in [2.75, 3.05) is 39.3 Å². The Morgan fingerprint density at radius 2 is 1.63 bits per heavy atom. The summed E-state index contributed by atoms with van der Waals surface area (Å²) in [6.07, 6.45) is -0.484. The molecule has 2 aromatic carbocycles. The molecule has 1 saturated heterocycles. The van der Waals surface area contributed by atoms with Crippen molar-refractivity contribution in [1.82, 2.24) is 15.1 Å². The van der Waals surface area contributed by atoms with Gasteiger partial charge in [-0.2, -0.15) is 0 Å². The number of nitrogens with one attached hydrogen (secondary N) is 1. The summed E-state index contributed by atoms with van der Waals surface area (Å²) in [4.78, 5) is 40.2. The summed E-state index contributed by atoms with van der Waals surface area (Å²) >= 11 is 0. The molecule has 0 radical (unpaired) electrons. The number of rotatable bonds is 7. The molecular weight excluding hydrogens is 446 g/mol. The number of carbonyl (C=O) groups is 3. The molecule has 2 aromatic rings. The zero-order chi connectivity index (χ0) is 24.8. The van der Waals surface area contributed by atoms with Gasteiger partial charge in [0.15, 0.2) is 0 Å². The molecular formula is C27H29N3O5. The maximum Gasteiger partial charge on any atom is 0.407 e. The van der Waals surface area contributed by atoms with Crippen molar-refractivity contribution in [2.45, 2.75) is 25.3 Å². The van der Waals surface area contributed by atoms with Crippen molar-refractivity contribution in [3.8, 4) is 23.0 Å². The number of ether oxygens (including phenoxy) is 1. The zero-order valence-corrected chi connectivity index (χ0v) is 19.7. The minimum Gasteiger partial charge on any atom is -0.480 e. The van der Waals surface area contributed by atoms with Gasteiger partial charge in [-0.25, -0.2) is 4.79 Å². The van der Waals surface area contributed by atoms with E-state index in [4.69, 9.17) is 9.84 Å². The first-order valence-electron chi connectivity index (χ1n) is 11.7. The average molecular weight is 476 g/mol. The van der Waals surface area contributed by atoms with E-state index < -0.39 is 18.1 Å². The summed E-state index contributed by atoms with van der Waals surface area (Å²) in [7, 11) is 0. The lowest BCUT2D eigenvalue weighted by Gasteiger charge is -2.35. The molecule has 1 aliphatic heterocycles. The van der Waals surface area contributed by atoms with Crippen LogP contribution in [0.15, 0.2) is 48.5 Å². The first kappa shape index (κ1) is 24.3. The Bertz CT molecular complexity index is 1120.